The highest BCUT2D eigenvalue weighted by Crippen LogP contribution is 2.12. The number of aromatic nitrogens is 3. The molecule has 0 aliphatic rings. The number of pyridine rings is 1. The highest BCUT2D eigenvalue weighted by Gasteiger charge is 2.11. The van der Waals surface area contributed by atoms with Crippen LogP contribution in [0.25, 0.3) is 5.82 Å². The van der Waals surface area contributed by atoms with Crippen molar-refractivity contribution in [2.24, 2.45) is 0 Å². The molecule has 0 aliphatic heterocycles. The van der Waals surface area contributed by atoms with Crippen molar-refractivity contribution in [2.45, 2.75) is 0 Å². The Morgan fingerprint density at radius 2 is 2.20 bits per heavy atom. The molecule has 0 saturated carbocycles. The molecule has 2 aromatic rings. The third-order valence-electron chi connectivity index (χ3n) is 1.79. The minimum absolute atomic E-state index is 0.0878. The average Bonchev–Trinajstić information content (AvgIpc) is 2.67. The zero-order chi connectivity index (χ0) is 10.8. The maximum Gasteiger partial charge on any atom is 0.354 e. The van der Waals surface area contributed by atoms with Crippen molar-refractivity contribution in [3.05, 3.63) is 40.8 Å². The van der Waals surface area contributed by atoms with E-state index in [9.17, 15) is 4.79 Å². The molecule has 0 spiro atoms. The lowest BCUT2D eigenvalue weighted by molar-refractivity contribution is 0.0687. The van der Waals surface area contributed by atoms with Crippen molar-refractivity contribution in [3.8, 4) is 5.82 Å². The minimum Gasteiger partial charge on any atom is -0.477 e. The molecular weight excluding hydrogens is 262 g/mol. The topological polar surface area (TPSA) is 68.0 Å². The fourth-order valence-electron chi connectivity index (χ4n) is 1.14. The van der Waals surface area contributed by atoms with Crippen molar-refractivity contribution in [1.82, 2.24) is 14.8 Å². The quantitative estimate of drug-likeness (QED) is 0.900. The predicted octanol–water partition coefficient (Wildman–Crippen LogP) is 1.73. The molecule has 2 rings (SSSR count). The van der Waals surface area contributed by atoms with Crippen LogP contribution in [0.5, 0.6) is 0 Å². The molecule has 2 heterocycles. The van der Waals surface area contributed by atoms with E-state index in [1.165, 1.54) is 16.9 Å². The van der Waals surface area contributed by atoms with Crippen molar-refractivity contribution < 1.29 is 9.90 Å². The van der Waals surface area contributed by atoms with Gasteiger partial charge in [-0.25, -0.2) is 14.5 Å². The number of hydrogen-bond donors (Lipinski definition) is 1. The molecule has 0 fully saturated rings. The summed E-state index contributed by atoms with van der Waals surface area (Å²) in [6, 6.07) is 4.88. The van der Waals surface area contributed by atoms with Crippen LogP contribution in [0.2, 0.25) is 0 Å². The monoisotopic (exact) mass is 267 g/mol. The molecule has 0 saturated heterocycles. The molecule has 6 heteroatoms. The SMILES string of the molecule is O=C(O)c1ccnn1-c1ccc(Br)cn1. The van der Waals surface area contributed by atoms with Gasteiger partial charge in [0.1, 0.15) is 0 Å². The Morgan fingerprint density at radius 3 is 2.80 bits per heavy atom. The number of carbonyl (C=O) groups is 1. The molecule has 0 bridgehead atoms. The summed E-state index contributed by atoms with van der Waals surface area (Å²) >= 11 is 3.25. The third-order valence-corrected chi connectivity index (χ3v) is 2.26. The zero-order valence-electron chi connectivity index (χ0n) is 7.46. The molecule has 0 amide bonds. The lowest BCUT2D eigenvalue weighted by atomic mass is 10.4. The van der Waals surface area contributed by atoms with Gasteiger partial charge in [0.05, 0.1) is 6.20 Å². The number of aromatic carboxylic acids is 1. The standard InChI is InChI=1S/C9H6BrN3O2/c10-6-1-2-8(11-5-6)13-7(9(14)15)3-4-12-13/h1-5H,(H,14,15). The summed E-state index contributed by atoms with van der Waals surface area (Å²) < 4.78 is 2.10. The van der Waals surface area contributed by atoms with E-state index in [4.69, 9.17) is 5.11 Å². The van der Waals surface area contributed by atoms with Gasteiger partial charge in [-0.3, -0.25) is 0 Å². The Hall–Kier alpha value is -1.69. The van der Waals surface area contributed by atoms with Crippen molar-refractivity contribution in [1.29, 1.82) is 0 Å². The molecule has 1 N–H and O–H groups in total. The van der Waals surface area contributed by atoms with Gasteiger partial charge in [-0.05, 0) is 34.1 Å². The van der Waals surface area contributed by atoms with Gasteiger partial charge in [-0.15, -0.1) is 0 Å². The molecule has 2 aromatic heterocycles. The molecule has 5 nitrogen and oxygen atoms in total. The van der Waals surface area contributed by atoms with E-state index in [-0.39, 0.29) is 5.69 Å². The first-order valence-electron chi connectivity index (χ1n) is 4.08. The van der Waals surface area contributed by atoms with Gasteiger partial charge < -0.3 is 5.11 Å². The lowest BCUT2D eigenvalue weighted by Crippen LogP contribution is -2.08. The summed E-state index contributed by atoms with van der Waals surface area (Å²) in [6.45, 7) is 0. The minimum atomic E-state index is -1.03. The smallest absolute Gasteiger partial charge is 0.354 e. The van der Waals surface area contributed by atoms with E-state index in [1.54, 1.807) is 18.3 Å². The number of carboxylic acids is 1. The Labute approximate surface area is 93.5 Å². The second kappa shape index (κ2) is 3.82. The zero-order valence-corrected chi connectivity index (χ0v) is 9.05. The van der Waals surface area contributed by atoms with Crippen LogP contribution in [0.15, 0.2) is 35.1 Å². The van der Waals surface area contributed by atoms with Crippen molar-refractivity contribution >= 4 is 21.9 Å². The van der Waals surface area contributed by atoms with Gasteiger partial charge in [0, 0.05) is 10.7 Å². The van der Waals surface area contributed by atoms with Crippen molar-refractivity contribution in [3.63, 3.8) is 0 Å². The normalized spacial score (nSPS) is 10.2. The van der Waals surface area contributed by atoms with Crippen LogP contribution in [0, 0.1) is 0 Å². The molecule has 0 aliphatic carbocycles. The maximum atomic E-state index is 10.8. The number of rotatable bonds is 2. The Kier molecular flexibility index (Phi) is 2.51. The maximum absolute atomic E-state index is 10.8. The van der Waals surface area contributed by atoms with E-state index in [1.807, 2.05) is 0 Å². The first-order valence-corrected chi connectivity index (χ1v) is 4.87. The number of carboxylic acid groups (broad SMARTS) is 1. The molecule has 0 unspecified atom stereocenters. The highest BCUT2D eigenvalue weighted by molar-refractivity contribution is 9.10. The van der Waals surface area contributed by atoms with Crippen LogP contribution in [0.1, 0.15) is 10.5 Å². The van der Waals surface area contributed by atoms with E-state index in [0.717, 1.165) is 4.47 Å². The summed E-state index contributed by atoms with van der Waals surface area (Å²) in [5.41, 5.74) is 0.0878. The summed E-state index contributed by atoms with van der Waals surface area (Å²) in [6.07, 6.45) is 3.01. The van der Waals surface area contributed by atoms with Gasteiger partial charge in [0.15, 0.2) is 11.5 Å². The van der Waals surface area contributed by atoms with Gasteiger partial charge >= 0.3 is 5.97 Å². The first kappa shape index (κ1) is 9.85. The number of halogens is 1. The van der Waals surface area contributed by atoms with Crippen LogP contribution in [-0.4, -0.2) is 25.8 Å². The second-order valence-electron chi connectivity index (χ2n) is 2.77. The van der Waals surface area contributed by atoms with Crippen LogP contribution < -0.4 is 0 Å². The molecule has 76 valence electrons. The van der Waals surface area contributed by atoms with Gasteiger partial charge in [-0.1, -0.05) is 0 Å². The van der Waals surface area contributed by atoms with Gasteiger partial charge in [-0.2, -0.15) is 5.10 Å². The molecule has 15 heavy (non-hydrogen) atoms. The van der Waals surface area contributed by atoms with E-state index in [2.05, 4.69) is 26.0 Å². The largest absolute Gasteiger partial charge is 0.477 e. The third kappa shape index (κ3) is 1.89. The average molecular weight is 268 g/mol. The molecule has 0 atom stereocenters. The van der Waals surface area contributed by atoms with Gasteiger partial charge in [0.25, 0.3) is 0 Å². The van der Waals surface area contributed by atoms with Crippen LogP contribution in [-0.2, 0) is 0 Å². The van der Waals surface area contributed by atoms with E-state index >= 15 is 0 Å². The van der Waals surface area contributed by atoms with Gasteiger partial charge in [0.2, 0.25) is 0 Å². The van der Waals surface area contributed by atoms with Crippen LogP contribution in [0.3, 0.4) is 0 Å². The summed E-state index contributed by atoms with van der Waals surface area (Å²) in [5.74, 6) is -0.558. The van der Waals surface area contributed by atoms with Crippen LogP contribution in [0.4, 0.5) is 0 Å². The lowest BCUT2D eigenvalue weighted by Gasteiger charge is -2.02. The van der Waals surface area contributed by atoms with Crippen LogP contribution >= 0.6 is 15.9 Å². The highest BCUT2D eigenvalue weighted by atomic mass is 79.9. The molecular formula is C9H6BrN3O2. The predicted molar refractivity (Wildman–Crippen MR) is 56.0 cm³/mol. The fraction of sp³-hybridized carbons (Fsp3) is 0. The molecule has 0 aromatic carbocycles. The summed E-state index contributed by atoms with van der Waals surface area (Å²) in [4.78, 5) is 14.9. The summed E-state index contributed by atoms with van der Waals surface area (Å²) in [5, 5.41) is 12.8. The summed E-state index contributed by atoms with van der Waals surface area (Å²) in [7, 11) is 0. The van der Waals surface area contributed by atoms with Crippen molar-refractivity contribution in [2.75, 3.05) is 0 Å². The van der Waals surface area contributed by atoms with E-state index in [0.29, 0.717) is 5.82 Å². The Morgan fingerprint density at radius 1 is 1.40 bits per heavy atom. The first-order chi connectivity index (χ1) is 7.18. The molecule has 0 radical (unpaired) electrons. The Balaban J connectivity index is 2.49. The second-order valence-corrected chi connectivity index (χ2v) is 3.68. The number of hydrogen-bond acceptors (Lipinski definition) is 3. The number of nitrogens with zero attached hydrogens (tertiary/aromatic N) is 3. The Bertz CT molecular complexity index is 492. The van der Waals surface area contributed by atoms with E-state index < -0.39 is 5.97 Å². The fourth-order valence-corrected chi connectivity index (χ4v) is 1.38.